The molecule has 4 aromatic carbocycles. The predicted molar refractivity (Wildman–Crippen MR) is 120 cm³/mol. The van der Waals surface area contributed by atoms with Gasteiger partial charge in [-0.2, -0.15) is 0 Å². The summed E-state index contributed by atoms with van der Waals surface area (Å²) in [5.74, 6) is 0.693. The molecule has 0 unspecified atom stereocenters. The van der Waals surface area contributed by atoms with Gasteiger partial charge in [-0.3, -0.25) is 10.1 Å². The predicted octanol–water partition coefficient (Wildman–Crippen LogP) is 6.68. The van der Waals surface area contributed by atoms with Gasteiger partial charge in [0.15, 0.2) is 0 Å². The van der Waals surface area contributed by atoms with Gasteiger partial charge in [0.05, 0.1) is 28.8 Å². The molecule has 0 spiro atoms. The van der Waals surface area contributed by atoms with Crippen LogP contribution in [0.5, 0.6) is 5.75 Å². The Morgan fingerprint density at radius 2 is 1.27 bits per heavy atom. The molecule has 4 rings (SSSR count). The first-order chi connectivity index (χ1) is 14.7. The van der Waals surface area contributed by atoms with Gasteiger partial charge in [0.25, 0.3) is 5.69 Å². The number of nitro groups is 1. The summed E-state index contributed by atoms with van der Waals surface area (Å²) in [6.07, 6.45) is 0. The molecule has 0 aliphatic rings. The zero-order valence-electron chi connectivity index (χ0n) is 16.4. The fourth-order valence-corrected chi connectivity index (χ4v) is 3.48. The van der Waals surface area contributed by atoms with Crippen LogP contribution in [0.2, 0.25) is 0 Å². The average molecular weight is 396 g/mol. The number of ether oxygens (including phenoxy) is 1. The average Bonchev–Trinajstić information content (AvgIpc) is 2.80. The van der Waals surface area contributed by atoms with Crippen LogP contribution in [0.1, 0.15) is 0 Å². The molecule has 5 nitrogen and oxygen atoms in total. The Hall–Kier alpha value is -4.12. The summed E-state index contributed by atoms with van der Waals surface area (Å²) in [6.45, 7) is 0. The number of anilines is 2. The Morgan fingerprint density at radius 1 is 0.767 bits per heavy atom. The molecule has 0 amide bonds. The first-order valence-corrected chi connectivity index (χ1v) is 9.50. The standard InChI is InChI=1S/C25H20N2O3/c1-30-24-15-9-8-14-23(24)26-20-16-21(18-10-4-2-5-11-18)25(27(28)29)22(17-20)19-12-6-3-7-13-19/h2-17,26H,1H3. The number of nitro benzene ring substituents is 1. The van der Waals surface area contributed by atoms with E-state index in [1.165, 1.54) is 0 Å². The summed E-state index contributed by atoms with van der Waals surface area (Å²) in [7, 11) is 1.61. The second kappa shape index (κ2) is 8.49. The first-order valence-electron chi connectivity index (χ1n) is 9.50. The van der Waals surface area contributed by atoms with E-state index in [-0.39, 0.29) is 10.6 Å². The van der Waals surface area contributed by atoms with Crippen LogP contribution in [0.4, 0.5) is 17.1 Å². The Morgan fingerprint density at radius 3 is 1.77 bits per heavy atom. The Labute approximate surface area is 174 Å². The maximum Gasteiger partial charge on any atom is 0.285 e. The molecule has 148 valence electrons. The molecule has 0 atom stereocenters. The SMILES string of the molecule is COc1ccccc1Nc1cc(-c2ccccc2)c([N+](=O)[O-])c(-c2ccccc2)c1. The van der Waals surface area contributed by atoms with Gasteiger partial charge in [-0.25, -0.2) is 0 Å². The number of hydrogen-bond acceptors (Lipinski definition) is 4. The van der Waals surface area contributed by atoms with Gasteiger partial charge in [0.1, 0.15) is 5.75 Å². The van der Waals surface area contributed by atoms with Crippen LogP contribution >= 0.6 is 0 Å². The largest absolute Gasteiger partial charge is 0.495 e. The number of nitrogens with one attached hydrogen (secondary N) is 1. The van der Waals surface area contributed by atoms with Gasteiger partial charge in [-0.05, 0) is 35.4 Å². The van der Waals surface area contributed by atoms with Crippen molar-refractivity contribution in [3.8, 4) is 28.0 Å². The van der Waals surface area contributed by atoms with E-state index in [4.69, 9.17) is 4.74 Å². The fraction of sp³-hybridized carbons (Fsp3) is 0.0400. The summed E-state index contributed by atoms with van der Waals surface area (Å²) in [4.78, 5) is 11.8. The van der Waals surface area contributed by atoms with Crippen molar-refractivity contribution < 1.29 is 9.66 Å². The van der Waals surface area contributed by atoms with E-state index in [0.717, 1.165) is 22.5 Å². The molecule has 5 heteroatoms. The second-order valence-corrected chi connectivity index (χ2v) is 6.73. The highest BCUT2D eigenvalue weighted by molar-refractivity contribution is 5.90. The first kappa shape index (κ1) is 19.2. The van der Waals surface area contributed by atoms with Crippen molar-refractivity contribution in [2.75, 3.05) is 12.4 Å². The zero-order valence-corrected chi connectivity index (χ0v) is 16.4. The van der Waals surface area contributed by atoms with Crippen molar-refractivity contribution in [1.29, 1.82) is 0 Å². The van der Waals surface area contributed by atoms with E-state index >= 15 is 0 Å². The Kier molecular flexibility index (Phi) is 5.44. The second-order valence-electron chi connectivity index (χ2n) is 6.73. The molecule has 0 aliphatic heterocycles. The topological polar surface area (TPSA) is 64.4 Å². The number of rotatable bonds is 6. The summed E-state index contributed by atoms with van der Waals surface area (Å²) in [5, 5.41) is 15.5. The maximum absolute atomic E-state index is 12.1. The quantitative estimate of drug-likeness (QED) is 0.292. The third-order valence-corrected chi connectivity index (χ3v) is 4.85. The summed E-state index contributed by atoms with van der Waals surface area (Å²) >= 11 is 0. The fourth-order valence-electron chi connectivity index (χ4n) is 3.48. The lowest BCUT2D eigenvalue weighted by Gasteiger charge is -2.15. The van der Waals surface area contributed by atoms with Crippen molar-refractivity contribution in [3.05, 3.63) is 107 Å². The number of hydrogen-bond donors (Lipinski definition) is 1. The number of methoxy groups -OCH3 is 1. The summed E-state index contributed by atoms with van der Waals surface area (Å²) in [5.41, 5.74) is 4.28. The summed E-state index contributed by atoms with van der Waals surface area (Å²) in [6, 6.07) is 30.0. The number of benzene rings is 4. The van der Waals surface area contributed by atoms with Crippen molar-refractivity contribution in [1.82, 2.24) is 0 Å². The molecule has 0 fully saturated rings. The van der Waals surface area contributed by atoms with Crippen LogP contribution in [0.15, 0.2) is 97.1 Å². The highest BCUT2D eigenvalue weighted by Gasteiger charge is 2.23. The lowest BCUT2D eigenvalue weighted by molar-refractivity contribution is -0.383. The van der Waals surface area contributed by atoms with Gasteiger partial charge in [0.2, 0.25) is 0 Å². The van der Waals surface area contributed by atoms with Gasteiger partial charge in [-0.1, -0.05) is 72.8 Å². The van der Waals surface area contributed by atoms with Crippen molar-refractivity contribution in [2.45, 2.75) is 0 Å². The molecule has 0 radical (unpaired) electrons. The zero-order chi connectivity index (χ0) is 20.9. The molecule has 0 aromatic heterocycles. The molecular weight excluding hydrogens is 376 g/mol. The summed E-state index contributed by atoms with van der Waals surface area (Å²) < 4.78 is 5.44. The lowest BCUT2D eigenvalue weighted by atomic mass is 9.95. The lowest BCUT2D eigenvalue weighted by Crippen LogP contribution is -2.00. The molecule has 0 bridgehead atoms. The minimum Gasteiger partial charge on any atom is -0.495 e. The van der Waals surface area contributed by atoms with Gasteiger partial charge < -0.3 is 10.1 Å². The highest BCUT2D eigenvalue weighted by Crippen LogP contribution is 2.42. The minimum atomic E-state index is -0.308. The van der Waals surface area contributed by atoms with Gasteiger partial charge >= 0.3 is 0 Å². The van der Waals surface area contributed by atoms with E-state index < -0.39 is 0 Å². The minimum absolute atomic E-state index is 0.0815. The third-order valence-electron chi connectivity index (χ3n) is 4.85. The molecular formula is C25H20N2O3. The van der Waals surface area contributed by atoms with Crippen LogP contribution in [0.3, 0.4) is 0 Å². The van der Waals surface area contributed by atoms with E-state index in [9.17, 15) is 10.1 Å². The third kappa shape index (κ3) is 3.86. The monoisotopic (exact) mass is 396 g/mol. The van der Waals surface area contributed by atoms with E-state index in [1.807, 2.05) is 97.1 Å². The van der Waals surface area contributed by atoms with Crippen molar-refractivity contribution in [2.24, 2.45) is 0 Å². The van der Waals surface area contributed by atoms with Crippen LogP contribution < -0.4 is 10.1 Å². The number of nitrogens with zero attached hydrogens (tertiary/aromatic N) is 1. The molecule has 0 saturated heterocycles. The normalized spacial score (nSPS) is 10.4. The molecule has 30 heavy (non-hydrogen) atoms. The smallest absolute Gasteiger partial charge is 0.285 e. The van der Waals surface area contributed by atoms with Gasteiger partial charge in [0, 0.05) is 5.69 Å². The van der Waals surface area contributed by atoms with Crippen LogP contribution in [0.25, 0.3) is 22.3 Å². The number of para-hydroxylation sites is 2. The van der Waals surface area contributed by atoms with Crippen LogP contribution in [0, 0.1) is 10.1 Å². The Bertz CT molecular complexity index is 1110. The molecule has 1 N–H and O–H groups in total. The maximum atomic E-state index is 12.1. The molecule has 0 aliphatic carbocycles. The molecule has 4 aromatic rings. The molecule has 0 saturated carbocycles. The Balaban J connectivity index is 1.95. The van der Waals surface area contributed by atoms with Crippen LogP contribution in [-0.2, 0) is 0 Å². The van der Waals surface area contributed by atoms with Gasteiger partial charge in [-0.15, -0.1) is 0 Å². The molecule has 0 heterocycles. The van der Waals surface area contributed by atoms with Crippen molar-refractivity contribution in [3.63, 3.8) is 0 Å². The van der Waals surface area contributed by atoms with Crippen LogP contribution in [-0.4, -0.2) is 12.0 Å². The van der Waals surface area contributed by atoms with E-state index in [1.54, 1.807) is 7.11 Å². The van der Waals surface area contributed by atoms with E-state index in [0.29, 0.717) is 16.9 Å². The van der Waals surface area contributed by atoms with Crippen molar-refractivity contribution >= 4 is 17.1 Å². The highest BCUT2D eigenvalue weighted by atomic mass is 16.6. The van der Waals surface area contributed by atoms with E-state index in [2.05, 4.69) is 5.32 Å².